The minimum absolute atomic E-state index is 0.00620. The van der Waals surface area contributed by atoms with Crippen LogP contribution in [0.25, 0.3) is 0 Å². The van der Waals surface area contributed by atoms with E-state index in [9.17, 15) is 25.1 Å². The molecule has 2 saturated heterocycles. The molecule has 46 heavy (non-hydrogen) atoms. The summed E-state index contributed by atoms with van der Waals surface area (Å²) in [5.74, 6) is -4.30. The third kappa shape index (κ3) is 5.77. The van der Waals surface area contributed by atoms with E-state index < -0.39 is 58.5 Å². The van der Waals surface area contributed by atoms with Crippen LogP contribution in [0.15, 0.2) is 60.7 Å². The number of benzene rings is 3. The molecule has 7 nitrogen and oxygen atoms in total. The topological polar surface area (TPSA) is 105 Å². The molecule has 11 heteroatoms. The summed E-state index contributed by atoms with van der Waals surface area (Å²) < 4.78 is 32.3. The van der Waals surface area contributed by atoms with Crippen molar-refractivity contribution in [2.45, 2.75) is 76.0 Å². The van der Waals surface area contributed by atoms with Crippen LogP contribution in [0.4, 0.5) is 14.5 Å². The first-order chi connectivity index (χ1) is 21.8. The van der Waals surface area contributed by atoms with Crippen molar-refractivity contribution >= 4 is 40.8 Å². The normalized spacial score (nSPS) is 24.7. The maximum absolute atomic E-state index is 16.2. The number of nitriles is 1. The lowest BCUT2D eigenvalue weighted by Crippen LogP contribution is -2.52. The third-order valence-electron chi connectivity index (χ3n) is 9.09. The molecule has 0 radical (unpaired) electrons. The summed E-state index contributed by atoms with van der Waals surface area (Å²) in [5.41, 5.74) is -1.70. The molecular formula is C35H35Cl2F2N3O4. The first kappa shape index (κ1) is 33.8. The second-order valence-electron chi connectivity index (χ2n) is 13.2. The number of carbonyl (C=O) groups excluding carboxylic acids is 1. The molecule has 0 unspecified atom stereocenters. The van der Waals surface area contributed by atoms with Crippen molar-refractivity contribution in [3.8, 4) is 6.07 Å². The highest BCUT2D eigenvalue weighted by Crippen LogP contribution is 2.60. The van der Waals surface area contributed by atoms with E-state index in [4.69, 9.17) is 23.2 Å². The van der Waals surface area contributed by atoms with Crippen molar-refractivity contribution < 1.29 is 28.6 Å². The van der Waals surface area contributed by atoms with Crippen molar-refractivity contribution in [1.29, 1.82) is 5.26 Å². The summed E-state index contributed by atoms with van der Waals surface area (Å²) >= 11 is 12.5. The summed E-state index contributed by atoms with van der Waals surface area (Å²) in [5, 5.41) is 30.3. The van der Waals surface area contributed by atoms with Gasteiger partial charge in [-0.05, 0) is 79.1 Å². The number of hydrogen-bond acceptors (Lipinski definition) is 5. The number of aliphatic hydroxyl groups is 1. The molecule has 0 aliphatic carbocycles. The summed E-state index contributed by atoms with van der Waals surface area (Å²) in [6.07, 6.45) is 0.976. The number of carbonyl (C=O) groups is 2. The molecule has 3 aromatic rings. The highest BCUT2D eigenvalue weighted by atomic mass is 35.5. The van der Waals surface area contributed by atoms with Crippen LogP contribution in [-0.2, 0) is 10.2 Å². The van der Waals surface area contributed by atoms with E-state index in [0.717, 1.165) is 6.07 Å². The van der Waals surface area contributed by atoms with Gasteiger partial charge < -0.3 is 10.2 Å². The van der Waals surface area contributed by atoms with Crippen molar-refractivity contribution in [3.05, 3.63) is 99.0 Å². The van der Waals surface area contributed by atoms with Crippen LogP contribution in [0.2, 0.25) is 10.0 Å². The zero-order chi connectivity index (χ0) is 33.6. The lowest BCUT2D eigenvalue weighted by Gasteiger charge is -2.42. The average molecular weight is 671 g/mol. The van der Waals surface area contributed by atoms with Crippen LogP contribution in [0, 0.1) is 28.4 Å². The van der Waals surface area contributed by atoms with Crippen LogP contribution in [0.5, 0.6) is 0 Å². The Kier molecular flexibility index (Phi) is 9.49. The first-order valence-corrected chi connectivity index (χ1v) is 15.9. The molecule has 5 rings (SSSR count). The monoisotopic (exact) mass is 669 g/mol. The van der Waals surface area contributed by atoms with E-state index in [1.807, 2.05) is 25.7 Å². The largest absolute Gasteiger partial charge is 0.478 e. The summed E-state index contributed by atoms with van der Waals surface area (Å²) in [7, 11) is 0. The molecule has 242 valence electrons. The van der Waals surface area contributed by atoms with E-state index in [2.05, 4.69) is 6.07 Å². The minimum atomic E-state index is -1.76. The maximum atomic E-state index is 16.2. The Bertz CT molecular complexity index is 1690. The molecule has 0 spiro atoms. The fourth-order valence-corrected chi connectivity index (χ4v) is 7.66. The van der Waals surface area contributed by atoms with Crippen LogP contribution in [0.3, 0.4) is 0 Å². The standard InChI is InChI=1S/C35H35Cl2F2N3O4/c1-34(2,3)18-27-35(19-40,24-15-12-21(36)17-26(24)38)29(23-7-6-8-25(37)30(23)39)31-32(44)41(28(42(27)31)9-4-5-16-43)22-13-10-20(11-14-22)33(45)46/h6-8,10-15,17,27-29,31,43H,4-5,9,16,18H2,1-3H3,(H,45,46)/t27-,28+,29-,31+,35-/m0/s1. The number of carboxylic acid groups (broad SMARTS) is 1. The molecule has 0 saturated carbocycles. The van der Waals surface area contributed by atoms with Gasteiger partial charge in [-0.1, -0.05) is 62.2 Å². The third-order valence-corrected chi connectivity index (χ3v) is 9.62. The Morgan fingerprint density at radius 2 is 1.76 bits per heavy atom. The number of aromatic carboxylic acids is 1. The zero-order valence-corrected chi connectivity index (χ0v) is 27.2. The number of aliphatic hydroxyl groups excluding tert-OH is 1. The lowest BCUT2D eigenvalue weighted by atomic mass is 9.62. The minimum Gasteiger partial charge on any atom is -0.478 e. The number of carboxylic acids is 1. The van der Waals surface area contributed by atoms with Gasteiger partial charge in [0.15, 0.2) is 0 Å². The van der Waals surface area contributed by atoms with Gasteiger partial charge in [-0.2, -0.15) is 5.26 Å². The van der Waals surface area contributed by atoms with Crippen LogP contribution >= 0.6 is 23.2 Å². The van der Waals surface area contributed by atoms with Gasteiger partial charge in [0.1, 0.15) is 23.1 Å². The number of unbranched alkanes of at least 4 members (excludes halogenated alkanes) is 1. The van der Waals surface area contributed by atoms with Gasteiger partial charge in [0.2, 0.25) is 5.91 Å². The highest BCUT2D eigenvalue weighted by molar-refractivity contribution is 6.31. The first-order valence-electron chi connectivity index (χ1n) is 15.1. The van der Waals surface area contributed by atoms with Crippen molar-refractivity contribution in [2.24, 2.45) is 5.41 Å². The predicted octanol–water partition coefficient (Wildman–Crippen LogP) is 7.54. The van der Waals surface area contributed by atoms with E-state index in [1.165, 1.54) is 36.4 Å². The second-order valence-corrected chi connectivity index (χ2v) is 14.0. The van der Waals surface area contributed by atoms with Gasteiger partial charge in [-0.25, -0.2) is 13.6 Å². The molecule has 2 fully saturated rings. The molecule has 2 aliphatic rings. The van der Waals surface area contributed by atoms with Crippen molar-refractivity contribution in [2.75, 3.05) is 11.5 Å². The Morgan fingerprint density at radius 3 is 2.35 bits per heavy atom. The fourth-order valence-electron chi connectivity index (χ4n) is 7.32. The van der Waals surface area contributed by atoms with Gasteiger partial charge >= 0.3 is 5.97 Å². The number of nitrogens with zero attached hydrogens (tertiary/aromatic N) is 3. The van der Waals surface area contributed by atoms with Gasteiger partial charge in [-0.15, -0.1) is 0 Å². The molecule has 2 N–H and O–H groups in total. The Balaban J connectivity index is 1.83. The fraction of sp³-hybridized carbons (Fsp3) is 0.400. The van der Waals surface area contributed by atoms with E-state index in [0.29, 0.717) is 31.4 Å². The predicted molar refractivity (Wildman–Crippen MR) is 172 cm³/mol. The summed E-state index contributed by atoms with van der Waals surface area (Å²) in [6, 6.07) is 14.9. The number of amides is 1. The maximum Gasteiger partial charge on any atom is 0.335 e. The second kappa shape index (κ2) is 12.9. The van der Waals surface area contributed by atoms with E-state index >= 15 is 8.78 Å². The van der Waals surface area contributed by atoms with Crippen molar-refractivity contribution in [1.82, 2.24) is 4.90 Å². The van der Waals surface area contributed by atoms with E-state index in [-0.39, 0.29) is 33.3 Å². The van der Waals surface area contributed by atoms with Crippen LogP contribution in [-0.4, -0.2) is 51.8 Å². The molecule has 1 amide bonds. The number of hydrogen-bond donors (Lipinski definition) is 2. The molecule has 0 bridgehead atoms. The molecule has 5 atom stereocenters. The smallest absolute Gasteiger partial charge is 0.335 e. The number of anilines is 1. The number of halogens is 4. The average Bonchev–Trinajstić information content (AvgIpc) is 3.43. The SMILES string of the molecule is CC(C)(C)C[C@@H]1N2[C@H](CCCCO)N(c3ccc(C(=O)O)cc3)C(=O)[C@H]2[C@H](c2cccc(Cl)c2F)[C@@]1(C#N)c1ccc(Cl)cc1F. The summed E-state index contributed by atoms with van der Waals surface area (Å²) in [6.45, 7) is 5.88. The number of rotatable bonds is 9. The number of fused-ring (bicyclic) bond motifs is 1. The van der Waals surface area contributed by atoms with Crippen LogP contribution < -0.4 is 4.90 Å². The Labute approximate surface area is 276 Å². The molecule has 2 aliphatic heterocycles. The highest BCUT2D eigenvalue weighted by Gasteiger charge is 2.69. The molecule has 0 aromatic heterocycles. The van der Waals surface area contributed by atoms with Crippen molar-refractivity contribution in [3.63, 3.8) is 0 Å². The molecular weight excluding hydrogens is 635 g/mol. The van der Waals surface area contributed by atoms with Gasteiger partial charge in [0.25, 0.3) is 0 Å². The zero-order valence-electron chi connectivity index (χ0n) is 25.7. The Hall–Kier alpha value is -3.55. The van der Waals surface area contributed by atoms with Gasteiger partial charge in [-0.3, -0.25) is 14.6 Å². The Morgan fingerprint density at radius 1 is 1.07 bits per heavy atom. The van der Waals surface area contributed by atoms with Gasteiger partial charge in [0, 0.05) is 34.8 Å². The van der Waals surface area contributed by atoms with Crippen LogP contribution in [0.1, 0.15) is 73.9 Å². The lowest BCUT2D eigenvalue weighted by molar-refractivity contribution is -0.119. The summed E-state index contributed by atoms with van der Waals surface area (Å²) in [4.78, 5) is 29.9. The molecule has 3 aromatic carbocycles. The van der Waals surface area contributed by atoms with E-state index in [1.54, 1.807) is 23.1 Å². The molecule has 2 heterocycles. The quantitative estimate of drug-likeness (QED) is 0.228. The van der Waals surface area contributed by atoms with Gasteiger partial charge in [0.05, 0.1) is 22.8 Å².